The van der Waals surface area contributed by atoms with E-state index in [1.807, 2.05) is 29.9 Å². The first-order valence-electron chi connectivity index (χ1n) is 9.19. The number of carbonyl (C=O) groups excluding carboxylic acids is 2. The van der Waals surface area contributed by atoms with Crippen molar-refractivity contribution >= 4 is 23.2 Å². The predicted molar refractivity (Wildman–Crippen MR) is 99.0 cm³/mol. The van der Waals surface area contributed by atoms with E-state index in [1.165, 1.54) is 11.3 Å². The first kappa shape index (κ1) is 18.1. The zero-order valence-electron chi connectivity index (χ0n) is 15.4. The molecule has 2 amide bonds. The third-order valence-corrected chi connectivity index (χ3v) is 6.02. The number of nitrogens with zero attached hydrogens (tertiary/aromatic N) is 5. The molecule has 4 heterocycles. The van der Waals surface area contributed by atoms with Gasteiger partial charge < -0.3 is 19.5 Å². The first-order valence-corrected chi connectivity index (χ1v) is 10.1. The van der Waals surface area contributed by atoms with E-state index in [0.717, 1.165) is 5.82 Å². The largest absolute Gasteiger partial charge is 0.391 e. The Morgan fingerprint density at radius 1 is 1.30 bits per heavy atom. The molecule has 2 atom stereocenters. The minimum atomic E-state index is -0.575. The molecule has 0 bridgehead atoms. The lowest BCUT2D eigenvalue weighted by molar-refractivity contribution is -0.136. The van der Waals surface area contributed by atoms with Gasteiger partial charge in [0.05, 0.1) is 23.6 Å². The number of aromatic nitrogens is 3. The number of β-amino-alcohol motifs (C(OH)–C–C–N with tert-alkyl or cyclic N) is 1. The van der Waals surface area contributed by atoms with Crippen molar-refractivity contribution in [3.63, 3.8) is 0 Å². The number of hydrogen-bond acceptors (Lipinski definition) is 6. The molecule has 0 unspecified atom stereocenters. The summed E-state index contributed by atoms with van der Waals surface area (Å²) < 4.78 is 2.00. The maximum atomic E-state index is 12.9. The van der Waals surface area contributed by atoms with E-state index in [9.17, 15) is 14.7 Å². The molecular weight excluding hydrogens is 366 g/mol. The van der Waals surface area contributed by atoms with Crippen molar-refractivity contribution < 1.29 is 14.7 Å². The standard InChI is InChI=1S/C18H23N5O3S/c1-11(2)17(25)21-5-6-22-15(10-21)19-20-16(22)13-8-12(24)9-23(13)18(26)14-4-3-7-27-14/h3-4,7,11-13,24H,5-6,8-10H2,1-2H3/t12-,13-/m0/s1. The molecule has 0 saturated carbocycles. The van der Waals surface area contributed by atoms with Crippen LogP contribution in [0.2, 0.25) is 0 Å². The van der Waals surface area contributed by atoms with Gasteiger partial charge >= 0.3 is 0 Å². The van der Waals surface area contributed by atoms with Gasteiger partial charge in [-0.3, -0.25) is 9.59 Å². The van der Waals surface area contributed by atoms with Crippen LogP contribution >= 0.6 is 11.3 Å². The molecule has 0 aromatic carbocycles. The summed E-state index contributed by atoms with van der Waals surface area (Å²) >= 11 is 1.39. The van der Waals surface area contributed by atoms with Crippen molar-refractivity contribution in [2.24, 2.45) is 5.92 Å². The van der Waals surface area contributed by atoms with Gasteiger partial charge in [0, 0.05) is 32.0 Å². The van der Waals surface area contributed by atoms with Gasteiger partial charge in [0.1, 0.15) is 0 Å². The molecule has 144 valence electrons. The fraction of sp³-hybridized carbons (Fsp3) is 0.556. The summed E-state index contributed by atoms with van der Waals surface area (Å²) in [5.41, 5.74) is 0. The molecule has 0 aliphatic carbocycles. The Morgan fingerprint density at radius 3 is 2.81 bits per heavy atom. The highest BCUT2D eigenvalue weighted by Crippen LogP contribution is 2.34. The lowest BCUT2D eigenvalue weighted by Gasteiger charge is -2.30. The average Bonchev–Trinajstić information content (AvgIpc) is 3.38. The number of thiophene rings is 1. The first-order chi connectivity index (χ1) is 13.0. The molecule has 2 aliphatic heterocycles. The average molecular weight is 389 g/mol. The molecule has 27 heavy (non-hydrogen) atoms. The van der Waals surface area contributed by atoms with E-state index in [4.69, 9.17) is 0 Å². The van der Waals surface area contributed by atoms with Crippen LogP contribution in [0.15, 0.2) is 17.5 Å². The molecule has 4 rings (SSSR count). The van der Waals surface area contributed by atoms with Crippen molar-refractivity contribution in [1.82, 2.24) is 24.6 Å². The molecule has 2 aliphatic rings. The van der Waals surface area contributed by atoms with Crippen LogP contribution < -0.4 is 0 Å². The Kier molecular flexibility index (Phi) is 4.73. The van der Waals surface area contributed by atoms with Crippen LogP contribution in [0.1, 0.15) is 47.6 Å². The van der Waals surface area contributed by atoms with Crippen molar-refractivity contribution in [1.29, 1.82) is 0 Å². The van der Waals surface area contributed by atoms with Crippen LogP contribution in [0.5, 0.6) is 0 Å². The van der Waals surface area contributed by atoms with Gasteiger partial charge in [0.15, 0.2) is 11.6 Å². The summed E-state index contributed by atoms with van der Waals surface area (Å²) in [6.07, 6.45) is -0.126. The highest BCUT2D eigenvalue weighted by atomic mass is 32.1. The van der Waals surface area contributed by atoms with Crippen molar-refractivity contribution in [3.8, 4) is 0 Å². The SMILES string of the molecule is CC(C)C(=O)N1CCn2c(nnc2[C@@H]2C[C@H](O)CN2C(=O)c2cccs2)C1. The molecule has 0 spiro atoms. The van der Waals surface area contributed by atoms with Crippen LogP contribution in [-0.2, 0) is 17.9 Å². The molecule has 2 aromatic heterocycles. The van der Waals surface area contributed by atoms with E-state index in [2.05, 4.69) is 10.2 Å². The number of amides is 2. The molecule has 9 heteroatoms. The third kappa shape index (κ3) is 3.25. The second kappa shape index (κ2) is 7.05. The Morgan fingerprint density at radius 2 is 2.11 bits per heavy atom. The van der Waals surface area contributed by atoms with Gasteiger partial charge in [-0.1, -0.05) is 19.9 Å². The molecule has 1 saturated heterocycles. The fourth-order valence-corrected chi connectivity index (χ4v) is 4.48. The highest BCUT2D eigenvalue weighted by molar-refractivity contribution is 7.12. The Labute approximate surface area is 161 Å². The maximum Gasteiger partial charge on any atom is 0.264 e. The van der Waals surface area contributed by atoms with E-state index in [-0.39, 0.29) is 23.8 Å². The molecular formula is C18H23N5O3S. The molecule has 1 fully saturated rings. The molecule has 1 N–H and O–H groups in total. The van der Waals surface area contributed by atoms with Gasteiger partial charge in [0.2, 0.25) is 5.91 Å². The van der Waals surface area contributed by atoms with Gasteiger partial charge in [0.25, 0.3) is 5.91 Å². The van der Waals surface area contributed by atoms with Crippen LogP contribution in [0, 0.1) is 5.92 Å². The van der Waals surface area contributed by atoms with E-state index in [1.54, 1.807) is 15.9 Å². The minimum absolute atomic E-state index is 0.0529. The second-order valence-corrected chi connectivity index (χ2v) is 8.33. The highest BCUT2D eigenvalue weighted by Gasteiger charge is 2.40. The Balaban J connectivity index is 1.59. The predicted octanol–water partition coefficient (Wildman–Crippen LogP) is 1.29. The zero-order valence-corrected chi connectivity index (χ0v) is 16.2. The number of hydrogen-bond donors (Lipinski definition) is 1. The number of carbonyl (C=O) groups is 2. The zero-order chi connectivity index (χ0) is 19.1. The lowest BCUT2D eigenvalue weighted by atomic mass is 10.1. The summed E-state index contributed by atoms with van der Waals surface area (Å²) in [4.78, 5) is 29.3. The molecule has 8 nitrogen and oxygen atoms in total. The summed E-state index contributed by atoms with van der Waals surface area (Å²) in [7, 11) is 0. The smallest absolute Gasteiger partial charge is 0.264 e. The van der Waals surface area contributed by atoms with Gasteiger partial charge in [-0.15, -0.1) is 21.5 Å². The topological polar surface area (TPSA) is 91.6 Å². The lowest BCUT2D eigenvalue weighted by Crippen LogP contribution is -2.41. The summed E-state index contributed by atoms with van der Waals surface area (Å²) in [6.45, 7) is 5.70. The fourth-order valence-electron chi connectivity index (χ4n) is 3.80. The van der Waals surface area contributed by atoms with E-state index >= 15 is 0 Å². The third-order valence-electron chi connectivity index (χ3n) is 5.16. The van der Waals surface area contributed by atoms with E-state index in [0.29, 0.717) is 43.3 Å². The minimum Gasteiger partial charge on any atom is -0.391 e. The van der Waals surface area contributed by atoms with Crippen molar-refractivity contribution in [3.05, 3.63) is 34.0 Å². The van der Waals surface area contributed by atoms with Gasteiger partial charge in [-0.05, 0) is 11.4 Å². The van der Waals surface area contributed by atoms with Gasteiger partial charge in [-0.25, -0.2) is 0 Å². The second-order valence-electron chi connectivity index (χ2n) is 7.38. The van der Waals surface area contributed by atoms with Crippen LogP contribution in [0.25, 0.3) is 0 Å². The number of likely N-dealkylation sites (tertiary alicyclic amines) is 1. The Hall–Kier alpha value is -2.26. The number of fused-ring (bicyclic) bond motifs is 1. The molecule has 0 radical (unpaired) electrons. The monoisotopic (exact) mass is 389 g/mol. The number of aliphatic hydroxyl groups is 1. The Bertz CT molecular complexity index is 847. The quantitative estimate of drug-likeness (QED) is 0.854. The number of aliphatic hydroxyl groups excluding tert-OH is 1. The van der Waals surface area contributed by atoms with Crippen molar-refractivity contribution in [2.75, 3.05) is 13.1 Å². The summed E-state index contributed by atoms with van der Waals surface area (Å²) in [5.74, 6) is 1.40. The van der Waals surface area contributed by atoms with E-state index < -0.39 is 6.10 Å². The maximum absolute atomic E-state index is 12.9. The van der Waals surface area contributed by atoms with Crippen LogP contribution in [-0.4, -0.2) is 60.7 Å². The van der Waals surface area contributed by atoms with Crippen molar-refractivity contribution in [2.45, 2.75) is 45.5 Å². The summed E-state index contributed by atoms with van der Waals surface area (Å²) in [5, 5.41) is 20.7. The summed E-state index contributed by atoms with van der Waals surface area (Å²) in [6, 6.07) is 3.34. The molecule has 2 aromatic rings. The number of rotatable bonds is 3. The van der Waals surface area contributed by atoms with Gasteiger partial charge in [-0.2, -0.15) is 0 Å². The normalized spacial score (nSPS) is 22.4. The van der Waals surface area contributed by atoms with Crippen LogP contribution in [0.4, 0.5) is 0 Å². The van der Waals surface area contributed by atoms with Crippen LogP contribution in [0.3, 0.4) is 0 Å².